The number of anilines is 1. The van der Waals surface area contributed by atoms with Crippen molar-refractivity contribution >= 4 is 39.4 Å². The molecule has 184 valence electrons. The fourth-order valence-corrected chi connectivity index (χ4v) is 5.95. The molecule has 12 heteroatoms. The normalized spacial score (nSPS) is 20.9. The van der Waals surface area contributed by atoms with Gasteiger partial charge in [-0.15, -0.1) is 11.3 Å². The van der Waals surface area contributed by atoms with E-state index in [0.29, 0.717) is 39.0 Å². The number of likely N-dealkylation sites (N-methyl/N-ethyl adjacent to an activating group) is 1. The molecule has 8 nitrogen and oxygen atoms in total. The van der Waals surface area contributed by atoms with Gasteiger partial charge in [0.25, 0.3) is 5.91 Å². The highest BCUT2D eigenvalue weighted by Gasteiger charge is 2.53. The number of halogens is 3. The molecule has 0 atom stereocenters. The number of carbonyl (C=O) groups excluding carboxylic acids is 2. The molecular formula is C22H26F3N5O3S. The number of nitrogens with one attached hydrogen (secondary N) is 1. The molecule has 34 heavy (non-hydrogen) atoms. The summed E-state index contributed by atoms with van der Waals surface area (Å²) in [5, 5.41) is 3.86. The van der Waals surface area contributed by atoms with Gasteiger partial charge in [-0.2, -0.15) is 13.2 Å². The summed E-state index contributed by atoms with van der Waals surface area (Å²) in [6, 6.07) is 1.05. The van der Waals surface area contributed by atoms with Crippen LogP contribution in [0.3, 0.4) is 0 Å². The van der Waals surface area contributed by atoms with E-state index in [0.717, 1.165) is 30.4 Å². The molecule has 2 aromatic heterocycles. The first-order valence-corrected chi connectivity index (χ1v) is 12.1. The first-order valence-electron chi connectivity index (χ1n) is 11.2. The van der Waals surface area contributed by atoms with Crippen molar-refractivity contribution < 1.29 is 27.5 Å². The number of hydrogen-bond donors (Lipinski definition) is 1. The SMILES string of the molecule is CNC(=O)c1csc2c(C(F)(F)F)cc(N3CCC(OC(=O)N4CC5(CCN5C)C4)CC3)nc12. The van der Waals surface area contributed by atoms with E-state index in [1.165, 1.54) is 12.4 Å². The van der Waals surface area contributed by atoms with Crippen LogP contribution in [-0.2, 0) is 10.9 Å². The molecule has 2 aromatic rings. The lowest BCUT2D eigenvalue weighted by Gasteiger charge is -2.61. The molecule has 3 aliphatic heterocycles. The number of pyridine rings is 1. The van der Waals surface area contributed by atoms with Crippen molar-refractivity contribution in [1.82, 2.24) is 20.1 Å². The van der Waals surface area contributed by atoms with E-state index in [-0.39, 0.29) is 39.3 Å². The van der Waals surface area contributed by atoms with E-state index in [1.807, 2.05) is 0 Å². The lowest BCUT2D eigenvalue weighted by atomic mass is 9.78. The molecule has 3 saturated heterocycles. The fourth-order valence-electron chi connectivity index (χ4n) is 4.93. The molecule has 5 rings (SSSR count). The number of rotatable bonds is 3. The number of likely N-dealkylation sites (tertiary alicyclic amines) is 2. The smallest absolute Gasteiger partial charge is 0.417 e. The average Bonchev–Trinajstić information content (AvgIpc) is 3.19. The zero-order valence-corrected chi connectivity index (χ0v) is 19.8. The van der Waals surface area contributed by atoms with Gasteiger partial charge in [0, 0.05) is 58.0 Å². The van der Waals surface area contributed by atoms with Crippen LogP contribution in [0.15, 0.2) is 11.4 Å². The lowest BCUT2D eigenvalue weighted by Crippen LogP contribution is -2.76. The molecule has 0 radical (unpaired) electrons. The number of ether oxygens (including phenoxy) is 1. The Kier molecular flexibility index (Phi) is 5.63. The van der Waals surface area contributed by atoms with Crippen molar-refractivity contribution in [2.45, 2.75) is 37.1 Å². The summed E-state index contributed by atoms with van der Waals surface area (Å²) < 4.78 is 47.0. The van der Waals surface area contributed by atoms with Gasteiger partial charge < -0.3 is 19.9 Å². The second-order valence-corrected chi connectivity index (χ2v) is 10.1. The van der Waals surface area contributed by atoms with Crippen LogP contribution in [0.1, 0.15) is 35.2 Å². The third-order valence-corrected chi connectivity index (χ3v) is 8.27. The van der Waals surface area contributed by atoms with Crippen LogP contribution >= 0.6 is 11.3 Å². The Hall–Kier alpha value is -2.60. The average molecular weight is 498 g/mol. The van der Waals surface area contributed by atoms with Crippen molar-refractivity contribution in [1.29, 1.82) is 0 Å². The molecule has 0 aliphatic carbocycles. The summed E-state index contributed by atoms with van der Waals surface area (Å²) in [5.41, 5.74) is -0.495. The Morgan fingerprint density at radius 2 is 1.94 bits per heavy atom. The number of alkyl halides is 3. The van der Waals surface area contributed by atoms with Gasteiger partial charge in [0.2, 0.25) is 0 Å². The van der Waals surface area contributed by atoms with E-state index >= 15 is 0 Å². The predicted octanol–water partition coefficient (Wildman–Crippen LogP) is 3.17. The highest BCUT2D eigenvalue weighted by molar-refractivity contribution is 7.17. The summed E-state index contributed by atoms with van der Waals surface area (Å²) >= 11 is 0.863. The molecule has 5 heterocycles. The van der Waals surface area contributed by atoms with E-state index in [2.05, 4.69) is 22.2 Å². The van der Waals surface area contributed by atoms with Gasteiger partial charge in [-0.1, -0.05) is 0 Å². The molecule has 3 aliphatic rings. The fraction of sp³-hybridized carbons (Fsp3) is 0.591. The van der Waals surface area contributed by atoms with Gasteiger partial charge in [-0.3, -0.25) is 9.69 Å². The van der Waals surface area contributed by atoms with Gasteiger partial charge >= 0.3 is 12.3 Å². The quantitative estimate of drug-likeness (QED) is 0.702. The number of piperidine rings is 1. The number of thiophene rings is 1. The van der Waals surface area contributed by atoms with E-state index < -0.39 is 17.6 Å². The maximum absolute atomic E-state index is 13.8. The first-order chi connectivity index (χ1) is 16.1. The minimum Gasteiger partial charge on any atom is -0.446 e. The minimum absolute atomic E-state index is 0.0513. The first kappa shape index (κ1) is 23.2. The second kappa shape index (κ2) is 8.26. The van der Waals surface area contributed by atoms with Crippen molar-refractivity contribution in [3.05, 3.63) is 22.6 Å². The monoisotopic (exact) mass is 497 g/mol. The van der Waals surface area contributed by atoms with Gasteiger partial charge in [0.15, 0.2) is 0 Å². The number of nitrogens with zero attached hydrogens (tertiary/aromatic N) is 4. The van der Waals surface area contributed by atoms with Gasteiger partial charge in [-0.25, -0.2) is 9.78 Å². The lowest BCUT2D eigenvalue weighted by molar-refractivity contribution is -0.136. The number of fused-ring (bicyclic) bond motifs is 1. The van der Waals surface area contributed by atoms with Crippen LogP contribution in [-0.4, -0.2) is 85.2 Å². The predicted molar refractivity (Wildman–Crippen MR) is 121 cm³/mol. The van der Waals surface area contributed by atoms with Crippen LogP contribution in [0.25, 0.3) is 10.2 Å². The Balaban J connectivity index is 1.27. The molecule has 0 bridgehead atoms. The second-order valence-electron chi connectivity index (χ2n) is 9.25. The highest BCUT2D eigenvalue weighted by Crippen LogP contribution is 2.41. The zero-order chi connectivity index (χ0) is 24.3. The largest absolute Gasteiger partial charge is 0.446 e. The molecule has 0 saturated carbocycles. The summed E-state index contributed by atoms with van der Waals surface area (Å²) in [6.45, 7) is 3.21. The summed E-state index contributed by atoms with van der Waals surface area (Å²) in [6.07, 6.45) is -3.09. The van der Waals surface area contributed by atoms with Crippen LogP contribution in [0.5, 0.6) is 0 Å². The molecular weight excluding hydrogens is 471 g/mol. The number of aromatic nitrogens is 1. The Morgan fingerprint density at radius 1 is 1.24 bits per heavy atom. The van der Waals surface area contributed by atoms with E-state index in [4.69, 9.17) is 4.74 Å². The van der Waals surface area contributed by atoms with Crippen molar-refractivity contribution in [2.75, 3.05) is 51.7 Å². The number of hydrogen-bond acceptors (Lipinski definition) is 7. The number of carbonyl (C=O) groups is 2. The van der Waals surface area contributed by atoms with Gasteiger partial charge in [0.05, 0.1) is 26.9 Å². The molecule has 3 fully saturated rings. The van der Waals surface area contributed by atoms with E-state index in [1.54, 1.807) is 9.80 Å². The third kappa shape index (κ3) is 3.86. The van der Waals surface area contributed by atoms with Crippen LogP contribution in [0.4, 0.5) is 23.8 Å². The van der Waals surface area contributed by atoms with Crippen LogP contribution in [0.2, 0.25) is 0 Å². The van der Waals surface area contributed by atoms with Gasteiger partial charge in [-0.05, 0) is 19.5 Å². The summed E-state index contributed by atoms with van der Waals surface area (Å²) in [5.74, 6) is -0.304. The Morgan fingerprint density at radius 3 is 2.50 bits per heavy atom. The van der Waals surface area contributed by atoms with E-state index in [9.17, 15) is 22.8 Å². The minimum atomic E-state index is -4.57. The van der Waals surface area contributed by atoms with Crippen LogP contribution < -0.4 is 10.2 Å². The van der Waals surface area contributed by atoms with Gasteiger partial charge in [0.1, 0.15) is 11.9 Å². The highest BCUT2D eigenvalue weighted by atomic mass is 32.1. The van der Waals surface area contributed by atoms with Crippen LogP contribution in [0, 0.1) is 0 Å². The van der Waals surface area contributed by atoms with Crippen molar-refractivity contribution in [3.63, 3.8) is 0 Å². The molecule has 0 unspecified atom stereocenters. The summed E-state index contributed by atoms with van der Waals surface area (Å²) in [4.78, 5) is 34.8. The molecule has 2 amide bonds. The topological polar surface area (TPSA) is 78.0 Å². The number of amides is 2. The molecule has 1 spiro atoms. The van der Waals surface area contributed by atoms with Crippen molar-refractivity contribution in [2.24, 2.45) is 0 Å². The maximum atomic E-state index is 13.8. The third-order valence-electron chi connectivity index (χ3n) is 7.27. The Bertz CT molecular complexity index is 1120. The van der Waals surface area contributed by atoms with Crippen molar-refractivity contribution in [3.8, 4) is 0 Å². The molecule has 0 aromatic carbocycles. The Labute approximate surface area is 198 Å². The standard InChI is InChI=1S/C22H26F3N5O3S/c1-26-19(31)14-10-34-18-15(22(23,24)25)9-16(27-17(14)18)29-6-3-13(4-7-29)33-20(32)30-11-21(12-30)5-8-28(21)2/h9-10,13H,3-8,11-12H2,1-2H3,(H,26,31). The zero-order valence-electron chi connectivity index (χ0n) is 18.9. The summed E-state index contributed by atoms with van der Waals surface area (Å²) in [7, 11) is 3.49. The maximum Gasteiger partial charge on any atom is 0.417 e. The molecule has 1 N–H and O–H groups in total.